The summed E-state index contributed by atoms with van der Waals surface area (Å²) in [5, 5.41) is 15.4. The van der Waals surface area contributed by atoms with Gasteiger partial charge < -0.3 is 10.2 Å². The summed E-state index contributed by atoms with van der Waals surface area (Å²) in [7, 11) is 1.91. The summed E-state index contributed by atoms with van der Waals surface area (Å²) in [5.41, 5.74) is 4.64. The number of piperidine rings is 1. The second-order valence-corrected chi connectivity index (χ2v) is 7.63. The highest BCUT2D eigenvalue weighted by Crippen LogP contribution is 2.33. The highest BCUT2D eigenvalue weighted by atomic mass is 16.1. The number of pyridine rings is 1. The summed E-state index contributed by atoms with van der Waals surface area (Å²) in [6.07, 6.45) is 8.96. The van der Waals surface area contributed by atoms with Gasteiger partial charge in [0, 0.05) is 43.5 Å². The van der Waals surface area contributed by atoms with E-state index in [0.29, 0.717) is 11.4 Å². The molecule has 0 radical (unpaired) electrons. The van der Waals surface area contributed by atoms with Crippen LogP contribution in [0.15, 0.2) is 48.9 Å². The van der Waals surface area contributed by atoms with E-state index in [-0.39, 0.29) is 5.91 Å². The van der Waals surface area contributed by atoms with E-state index >= 15 is 0 Å². The number of rotatable bonds is 4. The Kier molecular flexibility index (Phi) is 4.66. The third-order valence-electron chi connectivity index (χ3n) is 5.46. The molecule has 0 spiro atoms. The number of hydrogen-bond donors (Lipinski definition) is 2. The SMILES string of the molecule is Cn1cc2cc(NC(=O)c3cccc(-c4cn[nH]c4)n3)c(N3CCCCC3)cc2n1. The molecule has 4 heterocycles. The van der Waals surface area contributed by atoms with Gasteiger partial charge in [0.2, 0.25) is 0 Å². The van der Waals surface area contributed by atoms with E-state index < -0.39 is 0 Å². The molecular formula is C22H23N7O. The minimum Gasteiger partial charge on any atom is -0.370 e. The third kappa shape index (κ3) is 3.52. The average Bonchev–Trinajstić information content (AvgIpc) is 3.43. The van der Waals surface area contributed by atoms with Crippen LogP contribution < -0.4 is 10.2 Å². The maximum Gasteiger partial charge on any atom is 0.274 e. The van der Waals surface area contributed by atoms with Crippen molar-refractivity contribution in [2.45, 2.75) is 19.3 Å². The van der Waals surface area contributed by atoms with Crippen molar-refractivity contribution in [3.05, 3.63) is 54.6 Å². The van der Waals surface area contributed by atoms with Crippen LogP contribution in [0.25, 0.3) is 22.2 Å². The van der Waals surface area contributed by atoms with Crippen LogP contribution in [0.3, 0.4) is 0 Å². The van der Waals surface area contributed by atoms with E-state index in [1.165, 1.54) is 6.42 Å². The fraction of sp³-hybridized carbons (Fsp3) is 0.273. The maximum atomic E-state index is 13.1. The molecule has 1 saturated heterocycles. The Labute approximate surface area is 173 Å². The number of nitrogens with zero attached hydrogens (tertiary/aromatic N) is 5. The van der Waals surface area contributed by atoms with Crippen LogP contribution in [0.2, 0.25) is 0 Å². The number of aromatic nitrogens is 5. The lowest BCUT2D eigenvalue weighted by Crippen LogP contribution is -2.30. The van der Waals surface area contributed by atoms with Gasteiger partial charge in [0.05, 0.1) is 28.8 Å². The molecule has 5 rings (SSSR count). The molecule has 1 aliphatic rings. The Morgan fingerprint density at radius 3 is 2.83 bits per heavy atom. The maximum absolute atomic E-state index is 13.1. The molecular weight excluding hydrogens is 378 g/mol. The van der Waals surface area contributed by atoms with Gasteiger partial charge in [-0.3, -0.25) is 14.6 Å². The molecule has 1 fully saturated rings. The fourth-order valence-electron chi connectivity index (χ4n) is 3.98. The van der Waals surface area contributed by atoms with Crippen LogP contribution in [0.5, 0.6) is 0 Å². The predicted octanol–water partition coefficient (Wildman–Crippen LogP) is 3.60. The van der Waals surface area contributed by atoms with Crippen molar-refractivity contribution in [2.24, 2.45) is 7.05 Å². The summed E-state index contributed by atoms with van der Waals surface area (Å²) in [4.78, 5) is 19.9. The van der Waals surface area contributed by atoms with Crippen molar-refractivity contribution in [2.75, 3.05) is 23.3 Å². The predicted molar refractivity (Wildman–Crippen MR) is 117 cm³/mol. The zero-order valence-corrected chi connectivity index (χ0v) is 16.8. The highest BCUT2D eigenvalue weighted by Gasteiger charge is 2.19. The lowest BCUT2D eigenvalue weighted by molar-refractivity contribution is 0.102. The van der Waals surface area contributed by atoms with Crippen molar-refractivity contribution >= 4 is 28.2 Å². The lowest BCUT2D eigenvalue weighted by Gasteiger charge is -2.30. The van der Waals surface area contributed by atoms with E-state index in [9.17, 15) is 4.79 Å². The van der Waals surface area contributed by atoms with Gasteiger partial charge in [-0.2, -0.15) is 10.2 Å². The van der Waals surface area contributed by atoms with Crippen molar-refractivity contribution in [3.63, 3.8) is 0 Å². The topological polar surface area (TPSA) is 91.7 Å². The average molecular weight is 401 g/mol. The Morgan fingerprint density at radius 2 is 2.03 bits per heavy atom. The minimum atomic E-state index is -0.234. The van der Waals surface area contributed by atoms with Crippen molar-refractivity contribution < 1.29 is 4.79 Å². The molecule has 2 N–H and O–H groups in total. The molecule has 152 valence electrons. The highest BCUT2D eigenvalue weighted by molar-refractivity contribution is 6.06. The number of nitrogens with one attached hydrogen (secondary N) is 2. The fourth-order valence-corrected chi connectivity index (χ4v) is 3.98. The number of aryl methyl sites for hydroxylation is 1. The first-order valence-electron chi connectivity index (χ1n) is 10.2. The number of aromatic amines is 1. The first-order chi connectivity index (χ1) is 14.7. The van der Waals surface area contributed by atoms with E-state index in [1.807, 2.05) is 31.4 Å². The molecule has 0 aliphatic carbocycles. The van der Waals surface area contributed by atoms with Crippen LogP contribution in [0.4, 0.5) is 11.4 Å². The number of anilines is 2. The first kappa shape index (κ1) is 18.4. The Morgan fingerprint density at radius 1 is 1.17 bits per heavy atom. The van der Waals surface area contributed by atoms with Crippen molar-refractivity contribution in [3.8, 4) is 11.3 Å². The normalized spacial score (nSPS) is 14.2. The largest absolute Gasteiger partial charge is 0.370 e. The minimum absolute atomic E-state index is 0.234. The van der Waals surface area contributed by atoms with Gasteiger partial charge in [0.25, 0.3) is 5.91 Å². The molecule has 8 nitrogen and oxygen atoms in total. The molecule has 0 bridgehead atoms. The summed E-state index contributed by atoms with van der Waals surface area (Å²) >= 11 is 0. The van der Waals surface area contributed by atoms with Gasteiger partial charge in [-0.25, -0.2) is 4.98 Å². The van der Waals surface area contributed by atoms with Crippen LogP contribution in [0.1, 0.15) is 29.8 Å². The molecule has 30 heavy (non-hydrogen) atoms. The van der Waals surface area contributed by atoms with Gasteiger partial charge in [-0.05, 0) is 43.5 Å². The number of amides is 1. The van der Waals surface area contributed by atoms with Gasteiger partial charge in [0.1, 0.15) is 5.69 Å². The monoisotopic (exact) mass is 401 g/mol. The molecule has 1 amide bonds. The quantitative estimate of drug-likeness (QED) is 0.545. The number of benzene rings is 1. The van der Waals surface area contributed by atoms with Gasteiger partial charge in [-0.1, -0.05) is 6.07 Å². The molecule has 1 aliphatic heterocycles. The van der Waals surface area contributed by atoms with Crippen LogP contribution in [-0.2, 0) is 7.05 Å². The molecule has 3 aromatic heterocycles. The summed E-state index contributed by atoms with van der Waals surface area (Å²) in [6, 6.07) is 9.50. The van der Waals surface area contributed by atoms with E-state index in [0.717, 1.165) is 53.8 Å². The lowest BCUT2D eigenvalue weighted by atomic mass is 10.1. The number of hydrogen-bond acceptors (Lipinski definition) is 5. The Balaban J connectivity index is 1.49. The standard InChI is InChI=1S/C22H23N7O/c1-28-14-15-10-20(21(11-19(15)27-28)29-8-3-2-4-9-29)26-22(30)18-7-5-6-17(25-18)16-12-23-24-13-16/h5-7,10-14H,2-4,8-9H2,1H3,(H,23,24)(H,26,30). The van der Waals surface area contributed by atoms with E-state index in [2.05, 4.69) is 36.6 Å². The zero-order chi connectivity index (χ0) is 20.5. The summed E-state index contributed by atoms with van der Waals surface area (Å²) < 4.78 is 1.80. The van der Waals surface area contributed by atoms with E-state index in [1.54, 1.807) is 23.1 Å². The molecule has 1 aromatic carbocycles. The third-order valence-corrected chi connectivity index (χ3v) is 5.46. The number of carbonyl (C=O) groups is 1. The van der Waals surface area contributed by atoms with E-state index in [4.69, 9.17) is 0 Å². The number of H-pyrrole nitrogens is 1. The van der Waals surface area contributed by atoms with Gasteiger partial charge in [0.15, 0.2) is 0 Å². The first-order valence-corrected chi connectivity index (χ1v) is 10.2. The zero-order valence-electron chi connectivity index (χ0n) is 16.8. The van der Waals surface area contributed by atoms with Crippen LogP contribution in [-0.4, -0.2) is 44.0 Å². The smallest absolute Gasteiger partial charge is 0.274 e. The molecule has 0 unspecified atom stereocenters. The number of carbonyl (C=O) groups excluding carboxylic acids is 1. The molecule has 4 aromatic rings. The second kappa shape index (κ2) is 7.62. The van der Waals surface area contributed by atoms with Gasteiger partial charge >= 0.3 is 0 Å². The Hall–Kier alpha value is -3.68. The molecule has 8 heteroatoms. The summed E-state index contributed by atoms with van der Waals surface area (Å²) in [6.45, 7) is 1.96. The van der Waals surface area contributed by atoms with Crippen LogP contribution in [0, 0.1) is 0 Å². The van der Waals surface area contributed by atoms with Crippen molar-refractivity contribution in [1.82, 2.24) is 25.0 Å². The molecule has 0 atom stereocenters. The van der Waals surface area contributed by atoms with Gasteiger partial charge in [-0.15, -0.1) is 0 Å². The molecule has 0 saturated carbocycles. The van der Waals surface area contributed by atoms with Crippen molar-refractivity contribution in [1.29, 1.82) is 0 Å². The Bertz CT molecular complexity index is 1190. The second-order valence-electron chi connectivity index (χ2n) is 7.63. The number of fused-ring (bicyclic) bond motifs is 1. The van der Waals surface area contributed by atoms with Crippen LogP contribution >= 0.6 is 0 Å². The summed E-state index contributed by atoms with van der Waals surface area (Å²) in [5.74, 6) is -0.234.